The summed E-state index contributed by atoms with van der Waals surface area (Å²) < 4.78 is 0. The molecule has 2 atom stereocenters. The molecular formula is C14H24N2O. The van der Waals surface area contributed by atoms with Gasteiger partial charge >= 0.3 is 0 Å². The maximum Gasteiger partial charge on any atom is 0.225 e. The molecule has 0 spiro atoms. The average molecular weight is 236 g/mol. The molecule has 0 unspecified atom stereocenters. The van der Waals surface area contributed by atoms with Gasteiger partial charge in [0.1, 0.15) is 0 Å². The van der Waals surface area contributed by atoms with Crippen LogP contribution in [0.2, 0.25) is 0 Å². The third kappa shape index (κ3) is 2.10. The van der Waals surface area contributed by atoms with Gasteiger partial charge < -0.3 is 10.2 Å². The SMILES string of the molecule is CC1CCC(C(=O)N2CC[C@H]3CNC[C@H]32)CC1. The van der Waals surface area contributed by atoms with Crippen LogP contribution in [-0.4, -0.2) is 36.5 Å². The van der Waals surface area contributed by atoms with E-state index >= 15 is 0 Å². The van der Waals surface area contributed by atoms with E-state index in [9.17, 15) is 4.79 Å². The number of nitrogens with zero attached hydrogens (tertiary/aromatic N) is 1. The molecule has 2 aliphatic heterocycles. The predicted octanol–water partition coefficient (Wildman–Crippen LogP) is 1.63. The Morgan fingerprint density at radius 3 is 2.65 bits per heavy atom. The number of carbonyl (C=O) groups excluding carboxylic acids is 1. The Bertz CT molecular complexity index is 297. The minimum atomic E-state index is 0.338. The molecule has 2 heterocycles. The largest absolute Gasteiger partial charge is 0.338 e. The Balaban J connectivity index is 1.62. The van der Waals surface area contributed by atoms with Gasteiger partial charge in [0, 0.05) is 31.6 Å². The van der Waals surface area contributed by atoms with Crippen LogP contribution >= 0.6 is 0 Å². The van der Waals surface area contributed by atoms with Crippen molar-refractivity contribution in [2.45, 2.75) is 45.1 Å². The lowest BCUT2D eigenvalue weighted by Crippen LogP contribution is -2.43. The van der Waals surface area contributed by atoms with Crippen molar-refractivity contribution in [3.63, 3.8) is 0 Å². The van der Waals surface area contributed by atoms with Gasteiger partial charge in [-0.1, -0.05) is 6.92 Å². The van der Waals surface area contributed by atoms with E-state index in [0.29, 0.717) is 17.9 Å². The highest BCUT2D eigenvalue weighted by atomic mass is 16.2. The molecule has 96 valence electrons. The predicted molar refractivity (Wildman–Crippen MR) is 67.6 cm³/mol. The number of hydrogen-bond donors (Lipinski definition) is 1. The topological polar surface area (TPSA) is 32.3 Å². The number of rotatable bonds is 1. The van der Waals surface area contributed by atoms with Crippen molar-refractivity contribution in [1.29, 1.82) is 0 Å². The maximum atomic E-state index is 12.5. The fourth-order valence-corrected chi connectivity index (χ4v) is 3.86. The van der Waals surface area contributed by atoms with Gasteiger partial charge in [-0.15, -0.1) is 0 Å². The molecule has 3 heteroatoms. The summed E-state index contributed by atoms with van der Waals surface area (Å²) in [6.07, 6.45) is 5.96. The van der Waals surface area contributed by atoms with Crippen LogP contribution in [0.5, 0.6) is 0 Å². The number of likely N-dealkylation sites (tertiary alicyclic amines) is 1. The molecule has 2 saturated heterocycles. The first kappa shape index (κ1) is 11.5. The van der Waals surface area contributed by atoms with Crippen molar-refractivity contribution in [2.75, 3.05) is 19.6 Å². The zero-order valence-electron chi connectivity index (χ0n) is 10.8. The van der Waals surface area contributed by atoms with Gasteiger partial charge in [-0.3, -0.25) is 4.79 Å². The number of carbonyl (C=O) groups is 1. The highest BCUT2D eigenvalue weighted by molar-refractivity contribution is 5.79. The zero-order valence-corrected chi connectivity index (χ0v) is 10.8. The minimum absolute atomic E-state index is 0.338. The lowest BCUT2D eigenvalue weighted by atomic mass is 9.82. The molecular weight excluding hydrogens is 212 g/mol. The summed E-state index contributed by atoms with van der Waals surface area (Å²) in [4.78, 5) is 14.7. The normalized spacial score (nSPS) is 41.6. The van der Waals surface area contributed by atoms with E-state index in [4.69, 9.17) is 0 Å². The Labute approximate surface area is 104 Å². The van der Waals surface area contributed by atoms with Crippen LogP contribution in [0.4, 0.5) is 0 Å². The van der Waals surface area contributed by atoms with E-state index in [-0.39, 0.29) is 0 Å². The van der Waals surface area contributed by atoms with E-state index in [0.717, 1.165) is 44.3 Å². The van der Waals surface area contributed by atoms with Crippen molar-refractivity contribution in [3.8, 4) is 0 Å². The Kier molecular flexibility index (Phi) is 3.12. The highest BCUT2D eigenvalue weighted by Gasteiger charge is 2.41. The summed E-state index contributed by atoms with van der Waals surface area (Å²) in [7, 11) is 0. The summed E-state index contributed by atoms with van der Waals surface area (Å²) in [6.45, 7) is 5.48. The molecule has 3 fully saturated rings. The fraction of sp³-hybridized carbons (Fsp3) is 0.929. The van der Waals surface area contributed by atoms with E-state index in [1.165, 1.54) is 19.3 Å². The van der Waals surface area contributed by atoms with E-state index < -0.39 is 0 Å². The Morgan fingerprint density at radius 1 is 1.12 bits per heavy atom. The third-order valence-corrected chi connectivity index (χ3v) is 5.09. The molecule has 0 aromatic heterocycles. The Morgan fingerprint density at radius 2 is 1.88 bits per heavy atom. The molecule has 3 aliphatic rings. The quantitative estimate of drug-likeness (QED) is 0.750. The first-order chi connectivity index (χ1) is 8.25. The maximum absolute atomic E-state index is 12.5. The van der Waals surface area contributed by atoms with E-state index in [1.807, 2.05) is 0 Å². The second-order valence-electron chi connectivity index (χ2n) is 6.26. The molecule has 0 bridgehead atoms. The molecule has 1 aliphatic carbocycles. The minimum Gasteiger partial charge on any atom is -0.338 e. The van der Waals surface area contributed by atoms with Gasteiger partial charge in [-0.05, 0) is 43.9 Å². The molecule has 17 heavy (non-hydrogen) atoms. The number of fused-ring (bicyclic) bond motifs is 1. The molecule has 0 radical (unpaired) electrons. The highest BCUT2D eigenvalue weighted by Crippen LogP contribution is 2.33. The standard InChI is InChI=1S/C14H24N2O/c1-10-2-4-11(5-3-10)14(17)16-7-6-12-8-15-9-13(12)16/h10-13,15H,2-9H2,1H3/t10?,11?,12-,13+/m0/s1. The lowest BCUT2D eigenvalue weighted by Gasteiger charge is -2.31. The summed E-state index contributed by atoms with van der Waals surface area (Å²) in [5.41, 5.74) is 0. The second kappa shape index (κ2) is 4.60. The summed E-state index contributed by atoms with van der Waals surface area (Å²) >= 11 is 0. The van der Waals surface area contributed by atoms with Gasteiger partial charge in [-0.2, -0.15) is 0 Å². The van der Waals surface area contributed by atoms with Gasteiger partial charge in [0.2, 0.25) is 5.91 Å². The fourth-order valence-electron chi connectivity index (χ4n) is 3.86. The van der Waals surface area contributed by atoms with E-state index in [1.54, 1.807) is 0 Å². The van der Waals surface area contributed by atoms with Gasteiger partial charge in [-0.25, -0.2) is 0 Å². The zero-order chi connectivity index (χ0) is 11.8. The summed E-state index contributed by atoms with van der Waals surface area (Å²) in [6, 6.07) is 0.516. The molecule has 1 amide bonds. The van der Waals surface area contributed by atoms with Crippen LogP contribution in [0.3, 0.4) is 0 Å². The van der Waals surface area contributed by atoms with Crippen molar-refractivity contribution in [2.24, 2.45) is 17.8 Å². The number of nitrogens with one attached hydrogen (secondary N) is 1. The van der Waals surface area contributed by atoms with Crippen molar-refractivity contribution in [3.05, 3.63) is 0 Å². The van der Waals surface area contributed by atoms with Gasteiger partial charge in [0.05, 0.1) is 0 Å². The molecule has 3 nitrogen and oxygen atoms in total. The van der Waals surface area contributed by atoms with Gasteiger partial charge in [0.15, 0.2) is 0 Å². The molecule has 3 rings (SSSR count). The van der Waals surface area contributed by atoms with Crippen molar-refractivity contribution < 1.29 is 4.79 Å². The third-order valence-electron chi connectivity index (χ3n) is 5.09. The van der Waals surface area contributed by atoms with E-state index in [2.05, 4.69) is 17.1 Å². The summed E-state index contributed by atoms with van der Waals surface area (Å²) in [5.74, 6) is 2.37. The number of hydrogen-bond acceptors (Lipinski definition) is 2. The average Bonchev–Trinajstić information content (AvgIpc) is 2.90. The molecule has 0 aromatic rings. The Hall–Kier alpha value is -0.570. The molecule has 0 aromatic carbocycles. The first-order valence-corrected chi connectivity index (χ1v) is 7.27. The lowest BCUT2D eigenvalue weighted by molar-refractivity contribution is -0.137. The van der Waals surface area contributed by atoms with Gasteiger partial charge in [0.25, 0.3) is 0 Å². The monoisotopic (exact) mass is 236 g/mol. The van der Waals surface area contributed by atoms with Crippen LogP contribution in [0.15, 0.2) is 0 Å². The number of amides is 1. The van der Waals surface area contributed by atoms with Crippen LogP contribution in [-0.2, 0) is 4.79 Å². The van der Waals surface area contributed by atoms with Crippen molar-refractivity contribution in [1.82, 2.24) is 10.2 Å². The second-order valence-corrected chi connectivity index (χ2v) is 6.26. The van der Waals surface area contributed by atoms with Crippen LogP contribution in [0, 0.1) is 17.8 Å². The van der Waals surface area contributed by atoms with Crippen LogP contribution in [0.1, 0.15) is 39.0 Å². The van der Waals surface area contributed by atoms with Crippen molar-refractivity contribution >= 4 is 5.91 Å². The van der Waals surface area contributed by atoms with Crippen LogP contribution in [0.25, 0.3) is 0 Å². The molecule has 1 N–H and O–H groups in total. The smallest absolute Gasteiger partial charge is 0.225 e. The first-order valence-electron chi connectivity index (χ1n) is 7.27. The molecule has 1 saturated carbocycles. The van der Waals surface area contributed by atoms with Crippen LogP contribution < -0.4 is 5.32 Å². The summed E-state index contributed by atoms with van der Waals surface area (Å²) in [5, 5.41) is 3.43.